The third-order valence-corrected chi connectivity index (χ3v) is 6.02. The summed E-state index contributed by atoms with van der Waals surface area (Å²) < 4.78 is 5.67. The van der Waals surface area contributed by atoms with Crippen LogP contribution in [0.3, 0.4) is 0 Å². The van der Waals surface area contributed by atoms with Crippen LogP contribution in [-0.2, 0) is 9.59 Å². The van der Waals surface area contributed by atoms with E-state index in [0.29, 0.717) is 24.4 Å². The predicted octanol–water partition coefficient (Wildman–Crippen LogP) is 2.80. The summed E-state index contributed by atoms with van der Waals surface area (Å²) in [7, 11) is 0. The van der Waals surface area contributed by atoms with E-state index in [2.05, 4.69) is 10.2 Å². The van der Waals surface area contributed by atoms with Crippen LogP contribution in [0.1, 0.15) is 31.0 Å². The zero-order valence-electron chi connectivity index (χ0n) is 19.2. The van der Waals surface area contributed by atoms with Gasteiger partial charge in [-0.2, -0.15) is 0 Å². The van der Waals surface area contributed by atoms with E-state index in [9.17, 15) is 14.7 Å². The molecular weight excluding hydrogens is 418 g/mol. The van der Waals surface area contributed by atoms with Gasteiger partial charge in [-0.3, -0.25) is 14.5 Å². The van der Waals surface area contributed by atoms with E-state index < -0.39 is 17.7 Å². The van der Waals surface area contributed by atoms with Gasteiger partial charge in [0.25, 0.3) is 11.7 Å². The first-order valence-electron chi connectivity index (χ1n) is 11.5. The average Bonchev–Trinajstić information content (AvgIpc) is 3.08. The van der Waals surface area contributed by atoms with E-state index in [4.69, 9.17) is 4.74 Å². The number of amides is 1. The zero-order valence-corrected chi connectivity index (χ0v) is 19.2. The van der Waals surface area contributed by atoms with Crippen molar-refractivity contribution in [2.45, 2.75) is 26.0 Å². The predicted molar refractivity (Wildman–Crippen MR) is 127 cm³/mol. The Bertz CT molecular complexity index is 1010. The van der Waals surface area contributed by atoms with Gasteiger partial charge in [0.05, 0.1) is 17.7 Å². The number of hydrogen-bond acceptors (Lipinski definition) is 6. The summed E-state index contributed by atoms with van der Waals surface area (Å²) in [5, 5.41) is 14.5. The molecule has 2 aromatic rings. The Kier molecular flexibility index (Phi) is 7.11. The molecule has 7 nitrogen and oxygen atoms in total. The van der Waals surface area contributed by atoms with Gasteiger partial charge in [0, 0.05) is 44.8 Å². The number of nitrogens with zero attached hydrogens (tertiary/aromatic N) is 2. The van der Waals surface area contributed by atoms with Gasteiger partial charge in [-0.1, -0.05) is 30.3 Å². The number of carbonyl (C=O) groups is 2. The maximum Gasteiger partial charge on any atom is 0.295 e. The fourth-order valence-electron chi connectivity index (χ4n) is 4.40. The minimum Gasteiger partial charge on any atom is -0.507 e. The van der Waals surface area contributed by atoms with Gasteiger partial charge >= 0.3 is 0 Å². The molecule has 174 valence electrons. The lowest BCUT2D eigenvalue weighted by Crippen LogP contribution is -2.46. The quantitative estimate of drug-likeness (QED) is 0.384. The molecule has 2 fully saturated rings. The van der Waals surface area contributed by atoms with Crippen LogP contribution in [0.5, 0.6) is 5.75 Å². The van der Waals surface area contributed by atoms with Gasteiger partial charge in [0.15, 0.2) is 0 Å². The minimum absolute atomic E-state index is 0.0311. The molecule has 2 aliphatic rings. The first-order chi connectivity index (χ1) is 16.0. The van der Waals surface area contributed by atoms with Crippen LogP contribution >= 0.6 is 0 Å². The molecule has 0 unspecified atom stereocenters. The van der Waals surface area contributed by atoms with Crippen molar-refractivity contribution in [3.63, 3.8) is 0 Å². The van der Waals surface area contributed by atoms with E-state index in [1.54, 1.807) is 29.2 Å². The van der Waals surface area contributed by atoms with Gasteiger partial charge in [-0.15, -0.1) is 0 Å². The molecule has 1 atom stereocenters. The second-order valence-corrected chi connectivity index (χ2v) is 8.69. The van der Waals surface area contributed by atoms with Crippen molar-refractivity contribution >= 4 is 17.4 Å². The molecule has 2 saturated heterocycles. The Morgan fingerprint density at radius 2 is 1.70 bits per heavy atom. The molecule has 0 spiro atoms. The third kappa shape index (κ3) is 5.10. The van der Waals surface area contributed by atoms with E-state index >= 15 is 0 Å². The molecular formula is C26H31N3O4. The lowest BCUT2D eigenvalue weighted by Gasteiger charge is -2.31. The number of aliphatic hydroxyl groups excluding tert-OH is 1. The summed E-state index contributed by atoms with van der Waals surface area (Å²) in [5.41, 5.74) is 1.41. The number of carbonyl (C=O) groups excluding carboxylic acids is 2. The number of piperazine rings is 1. The summed E-state index contributed by atoms with van der Waals surface area (Å²) in [6, 6.07) is 15.7. The second kappa shape index (κ2) is 10.2. The van der Waals surface area contributed by atoms with E-state index in [1.807, 2.05) is 44.2 Å². The maximum atomic E-state index is 13.1. The van der Waals surface area contributed by atoms with Crippen LogP contribution in [0.25, 0.3) is 5.76 Å². The Hall–Kier alpha value is -3.16. The molecule has 2 aromatic carbocycles. The molecule has 0 saturated carbocycles. The van der Waals surface area contributed by atoms with Crippen LogP contribution < -0.4 is 10.1 Å². The van der Waals surface area contributed by atoms with Crippen LogP contribution in [0.4, 0.5) is 0 Å². The smallest absolute Gasteiger partial charge is 0.295 e. The van der Waals surface area contributed by atoms with Crippen LogP contribution in [-0.4, -0.2) is 72.0 Å². The van der Waals surface area contributed by atoms with Crippen molar-refractivity contribution < 1.29 is 19.4 Å². The lowest BCUT2D eigenvalue weighted by molar-refractivity contribution is -0.140. The maximum absolute atomic E-state index is 13.1. The number of Topliss-reactive ketones (excluding diaryl/α,β-unsaturated/α-hetero) is 1. The molecule has 33 heavy (non-hydrogen) atoms. The molecule has 0 radical (unpaired) electrons. The number of benzene rings is 2. The summed E-state index contributed by atoms with van der Waals surface area (Å²) >= 11 is 0. The highest BCUT2D eigenvalue weighted by atomic mass is 16.5. The van der Waals surface area contributed by atoms with Crippen molar-refractivity contribution in [2.24, 2.45) is 0 Å². The van der Waals surface area contributed by atoms with Gasteiger partial charge in [-0.25, -0.2) is 0 Å². The number of hydrogen-bond donors (Lipinski definition) is 2. The minimum atomic E-state index is -0.649. The Balaban J connectivity index is 1.67. The highest BCUT2D eigenvalue weighted by Gasteiger charge is 2.45. The first kappa shape index (κ1) is 23.0. The zero-order chi connectivity index (χ0) is 23.4. The van der Waals surface area contributed by atoms with E-state index in [0.717, 1.165) is 31.7 Å². The van der Waals surface area contributed by atoms with Crippen molar-refractivity contribution in [2.75, 3.05) is 39.3 Å². The summed E-state index contributed by atoms with van der Waals surface area (Å²) in [5.74, 6) is -0.704. The number of aliphatic hydroxyl groups is 1. The molecule has 0 aliphatic carbocycles. The number of nitrogens with one attached hydrogen (secondary N) is 1. The highest BCUT2D eigenvalue weighted by molar-refractivity contribution is 6.46. The SMILES string of the molecule is CC(C)Oc1ccc(/C(O)=C2\C(=O)C(=O)N(CCN3CCNCC3)[C@H]2c2ccccc2)cc1. The second-order valence-electron chi connectivity index (χ2n) is 8.69. The molecule has 2 heterocycles. The van der Waals surface area contributed by atoms with Gasteiger partial charge in [0.1, 0.15) is 11.5 Å². The molecule has 7 heteroatoms. The topological polar surface area (TPSA) is 82.1 Å². The van der Waals surface area contributed by atoms with Gasteiger partial charge in [-0.05, 0) is 43.7 Å². The van der Waals surface area contributed by atoms with Crippen molar-refractivity contribution in [1.29, 1.82) is 0 Å². The van der Waals surface area contributed by atoms with Crippen LogP contribution in [0, 0.1) is 0 Å². The van der Waals surface area contributed by atoms with Crippen molar-refractivity contribution in [3.8, 4) is 5.75 Å². The fraction of sp³-hybridized carbons (Fsp3) is 0.385. The first-order valence-corrected chi connectivity index (χ1v) is 11.5. The number of ether oxygens (including phenoxy) is 1. The Morgan fingerprint density at radius 3 is 2.33 bits per heavy atom. The number of likely N-dealkylation sites (tertiary alicyclic amines) is 1. The summed E-state index contributed by atoms with van der Waals surface area (Å²) in [6.07, 6.45) is 0.0311. The third-order valence-electron chi connectivity index (χ3n) is 6.02. The van der Waals surface area contributed by atoms with Crippen LogP contribution in [0.15, 0.2) is 60.2 Å². The molecule has 2 N–H and O–H groups in total. The number of rotatable bonds is 7. The van der Waals surface area contributed by atoms with E-state index in [1.165, 1.54) is 0 Å². The van der Waals surface area contributed by atoms with Gasteiger partial charge < -0.3 is 20.1 Å². The lowest BCUT2D eigenvalue weighted by atomic mass is 9.95. The molecule has 1 amide bonds. The molecule has 0 bridgehead atoms. The molecule has 0 aromatic heterocycles. The van der Waals surface area contributed by atoms with Crippen molar-refractivity contribution in [1.82, 2.24) is 15.1 Å². The van der Waals surface area contributed by atoms with Crippen LogP contribution in [0.2, 0.25) is 0 Å². The van der Waals surface area contributed by atoms with E-state index in [-0.39, 0.29) is 17.4 Å². The average molecular weight is 450 g/mol. The summed E-state index contributed by atoms with van der Waals surface area (Å²) in [4.78, 5) is 30.1. The summed E-state index contributed by atoms with van der Waals surface area (Å²) in [6.45, 7) is 8.62. The monoisotopic (exact) mass is 449 g/mol. The Morgan fingerprint density at radius 1 is 1.03 bits per heavy atom. The van der Waals surface area contributed by atoms with Crippen molar-refractivity contribution in [3.05, 3.63) is 71.3 Å². The Labute approximate surface area is 194 Å². The molecule has 4 rings (SSSR count). The standard InChI is InChI=1S/C26H31N3O4/c1-18(2)33-21-10-8-20(9-11-21)24(30)22-23(19-6-4-3-5-7-19)29(26(32)25(22)31)17-16-28-14-12-27-13-15-28/h3-11,18,23,27,30H,12-17H2,1-2H3/b24-22+/t23-/m0/s1. The highest BCUT2D eigenvalue weighted by Crippen LogP contribution is 2.39. The molecule has 2 aliphatic heterocycles. The van der Waals surface area contributed by atoms with Gasteiger partial charge in [0.2, 0.25) is 0 Å². The normalized spacial score (nSPS) is 21.1. The largest absolute Gasteiger partial charge is 0.507 e. The fourth-order valence-corrected chi connectivity index (χ4v) is 4.40. The number of ketones is 1.